The monoisotopic (exact) mass is 344 g/mol. The van der Waals surface area contributed by atoms with E-state index in [4.69, 9.17) is 9.26 Å². The van der Waals surface area contributed by atoms with Crippen molar-refractivity contribution in [3.8, 4) is 5.75 Å². The van der Waals surface area contributed by atoms with Crippen molar-refractivity contribution in [3.63, 3.8) is 0 Å². The van der Waals surface area contributed by atoms with Crippen molar-refractivity contribution in [2.45, 2.75) is 32.6 Å². The Bertz CT molecular complexity index is 744. The molecule has 3 rings (SSSR count). The number of amides is 1. The van der Waals surface area contributed by atoms with Gasteiger partial charge < -0.3 is 14.6 Å². The van der Waals surface area contributed by atoms with Gasteiger partial charge in [0.25, 0.3) is 0 Å². The van der Waals surface area contributed by atoms with E-state index in [1.54, 1.807) is 7.11 Å². The molecule has 1 unspecified atom stereocenters. The molecule has 0 bridgehead atoms. The molecule has 2 aromatic rings. The normalized spacial score (nSPS) is 18.1. The Morgan fingerprint density at radius 1 is 1.44 bits per heavy atom. The van der Waals surface area contributed by atoms with Gasteiger partial charge in [-0.3, -0.25) is 9.69 Å². The van der Waals surface area contributed by atoms with Gasteiger partial charge in [0.05, 0.1) is 25.3 Å². The highest BCUT2D eigenvalue weighted by atomic mass is 16.5. The van der Waals surface area contributed by atoms with E-state index in [9.17, 15) is 4.79 Å². The molecule has 2 heterocycles. The average molecular weight is 344 g/mol. The van der Waals surface area contributed by atoms with Crippen molar-refractivity contribution in [2.75, 3.05) is 32.1 Å². The zero-order valence-electron chi connectivity index (χ0n) is 14.9. The maximum atomic E-state index is 12.4. The highest BCUT2D eigenvalue weighted by Gasteiger charge is 2.26. The number of ether oxygens (including phenoxy) is 1. The topological polar surface area (TPSA) is 80.5 Å². The van der Waals surface area contributed by atoms with Crippen LogP contribution in [-0.4, -0.2) is 47.7 Å². The zero-order valence-corrected chi connectivity index (χ0v) is 14.9. The van der Waals surface area contributed by atoms with Crippen LogP contribution in [0, 0.1) is 13.8 Å². The summed E-state index contributed by atoms with van der Waals surface area (Å²) in [6.07, 6.45) is 2.01. The maximum Gasteiger partial charge on any atom is 0.238 e. The maximum absolute atomic E-state index is 12.4. The molecule has 25 heavy (non-hydrogen) atoms. The van der Waals surface area contributed by atoms with E-state index in [-0.39, 0.29) is 11.8 Å². The van der Waals surface area contributed by atoms with Gasteiger partial charge in [0, 0.05) is 6.54 Å². The Hall–Kier alpha value is -2.41. The molecule has 0 radical (unpaired) electrons. The lowest BCUT2D eigenvalue weighted by molar-refractivity contribution is -0.117. The summed E-state index contributed by atoms with van der Waals surface area (Å²) in [6, 6.07) is 5.73. The van der Waals surface area contributed by atoms with Crippen LogP contribution in [0.5, 0.6) is 5.75 Å². The Morgan fingerprint density at radius 2 is 2.28 bits per heavy atom. The van der Waals surface area contributed by atoms with Gasteiger partial charge in [-0.2, -0.15) is 4.98 Å². The first-order valence-corrected chi connectivity index (χ1v) is 8.52. The number of rotatable bonds is 5. The molecule has 1 saturated heterocycles. The fraction of sp³-hybridized carbons (Fsp3) is 0.500. The fourth-order valence-electron chi connectivity index (χ4n) is 3.19. The van der Waals surface area contributed by atoms with Gasteiger partial charge in [0.1, 0.15) is 5.75 Å². The second-order valence-corrected chi connectivity index (χ2v) is 6.51. The van der Waals surface area contributed by atoms with Crippen LogP contribution in [0.3, 0.4) is 0 Å². The van der Waals surface area contributed by atoms with Gasteiger partial charge >= 0.3 is 0 Å². The minimum absolute atomic E-state index is 0.0498. The van der Waals surface area contributed by atoms with Crippen LogP contribution in [0.1, 0.15) is 36.0 Å². The van der Waals surface area contributed by atoms with Crippen LogP contribution < -0.4 is 10.1 Å². The van der Waals surface area contributed by atoms with E-state index in [2.05, 4.69) is 20.4 Å². The van der Waals surface area contributed by atoms with Crippen molar-refractivity contribution >= 4 is 11.6 Å². The summed E-state index contributed by atoms with van der Waals surface area (Å²) in [4.78, 5) is 18.9. The number of benzene rings is 1. The van der Waals surface area contributed by atoms with Crippen LogP contribution in [0.15, 0.2) is 22.7 Å². The molecule has 1 aromatic carbocycles. The summed E-state index contributed by atoms with van der Waals surface area (Å²) in [5, 5.41) is 6.81. The standard InChI is InChI=1S/C18H24N4O3/c1-12-6-7-16(24-3)15(9-12)20-17(23)11-22-8-4-5-14(10-22)18-19-13(2)21-25-18/h6-7,9,14H,4-5,8,10-11H2,1-3H3,(H,20,23). The lowest BCUT2D eigenvalue weighted by atomic mass is 9.98. The second kappa shape index (κ2) is 7.65. The van der Waals surface area contributed by atoms with Gasteiger partial charge in [0.15, 0.2) is 5.82 Å². The number of anilines is 1. The van der Waals surface area contributed by atoms with E-state index >= 15 is 0 Å². The first-order chi connectivity index (χ1) is 12.0. The largest absolute Gasteiger partial charge is 0.495 e. The van der Waals surface area contributed by atoms with Gasteiger partial charge in [-0.15, -0.1) is 0 Å². The third-order valence-electron chi connectivity index (χ3n) is 4.39. The van der Waals surface area contributed by atoms with E-state index in [1.165, 1.54) is 0 Å². The molecule has 134 valence electrons. The number of carbonyl (C=O) groups excluding carboxylic acids is 1. The van der Waals surface area contributed by atoms with Crippen LogP contribution in [0.2, 0.25) is 0 Å². The molecule has 0 spiro atoms. The summed E-state index contributed by atoms with van der Waals surface area (Å²) >= 11 is 0. The lowest BCUT2D eigenvalue weighted by Crippen LogP contribution is -2.39. The van der Waals surface area contributed by atoms with Crippen molar-refractivity contribution in [1.29, 1.82) is 0 Å². The summed E-state index contributed by atoms with van der Waals surface area (Å²) in [5.41, 5.74) is 1.77. The predicted molar refractivity (Wildman–Crippen MR) is 93.8 cm³/mol. The molecule has 1 atom stereocenters. The van der Waals surface area contributed by atoms with Gasteiger partial charge in [0.2, 0.25) is 11.8 Å². The highest BCUT2D eigenvalue weighted by molar-refractivity contribution is 5.93. The van der Waals surface area contributed by atoms with Crippen LogP contribution in [0.25, 0.3) is 0 Å². The number of hydrogen-bond donors (Lipinski definition) is 1. The molecule has 1 aliphatic heterocycles. The third kappa shape index (κ3) is 4.36. The zero-order chi connectivity index (χ0) is 17.8. The molecular weight excluding hydrogens is 320 g/mol. The molecule has 1 aromatic heterocycles. The summed E-state index contributed by atoms with van der Waals surface area (Å²) in [6.45, 7) is 5.77. The van der Waals surface area contributed by atoms with Crippen molar-refractivity contribution < 1.29 is 14.1 Å². The van der Waals surface area contributed by atoms with Crippen LogP contribution >= 0.6 is 0 Å². The summed E-state index contributed by atoms with van der Waals surface area (Å²) < 4.78 is 10.6. The number of aromatic nitrogens is 2. The van der Waals surface area contributed by atoms with Crippen LogP contribution in [-0.2, 0) is 4.79 Å². The lowest BCUT2D eigenvalue weighted by Gasteiger charge is -2.30. The third-order valence-corrected chi connectivity index (χ3v) is 4.39. The van der Waals surface area contributed by atoms with E-state index < -0.39 is 0 Å². The minimum Gasteiger partial charge on any atom is -0.495 e. The summed E-state index contributed by atoms with van der Waals surface area (Å²) in [7, 11) is 1.60. The van der Waals surface area contributed by atoms with Crippen molar-refractivity contribution in [3.05, 3.63) is 35.5 Å². The second-order valence-electron chi connectivity index (χ2n) is 6.51. The molecule has 1 fully saturated rings. The van der Waals surface area contributed by atoms with Crippen molar-refractivity contribution in [1.82, 2.24) is 15.0 Å². The Balaban J connectivity index is 1.60. The smallest absolute Gasteiger partial charge is 0.238 e. The SMILES string of the molecule is COc1ccc(C)cc1NC(=O)CN1CCCC(c2nc(C)no2)C1. The van der Waals surface area contributed by atoms with Gasteiger partial charge in [-0.25, -0.2) is 0 Å². The number of aryl methyl sites for hydroxylation is 2. The van der Waals surface area contributed by atoms with E-state index in [1.807, 2.05) is 32.0 Å². The number of piperidine rings is 1. The minimum atomic E-state index is -0.0498. The number of hydrogen-bond acceptors (Lipinski definition) is 6. The molecule has 1 amide bonds. The molecule has 0 aliphatic carbocycles. The predicted octanol–water partition coefficient (Wildman–Crippen LogP) is 2.51. The summed E-state index contributed by atoms with van der Waals surface area (Å²) in [5.74, 6) is 2.12. The molecular formula is C18H24N4O3. The first kappa shape index (κ1) is 17.4. The Labute approximate surface area is 147 Å². The van der Waals surface area contributed by atoms with Crippen molar-refractivity contribution in [2.24, 2.45) is 0 Å². The quantitative estimate of drug-likeness (QED) is 0.898. The Morgan fingerprint density at radius 3 is 3.00 bits per heavy atom. The molecule has 7 nitrogen and oxygen atoms in total. The fourth-order valence-corrected chi connectivity index (χ4v) is 3.19. The van der Waals surface area contributed by atoms with E-state index in [0.717, 1.165) is 31.5 Å². The van der Waals surface area contributed by atoms with Gasteiger partial charge in [-0.05, 0) is 50.9 Å². The Kier molecular flexibility index (Phi) is 5.33. The first-order valence-electron chi connectivity index (χ1n) is 8.52. The average Bonchev–Trinajstić information content (AvgIpc) is 3.02. The van der Waals surface area contributed by atoms with Crippen LogP contribution in [0.4, 0.5) is 5.69 Å². The number of methoxy groups -OCH3 is 1. The van der Waals surface area contributed by atoms with E-state index in [0.29, 0.717) is 29.7 Å². The molecule has 0 saturated carbocycles. The number of nitrogens with one attached hydrogen (secondary N) is 1. The highest BCUT2D eigenvalue weighted by Crippen LogP contribution is 2.27. The van der Waals surface area contributed by atoms with Gasteiger partial charge in [-0.1, -0.05) is 11.2 Å². The molecule has 1 aliphatic rings. The molecule has 7 heteroatoms. The number of likely N-dealkylation sites (tertiary alicyclic amines) is 1. The number of nitrogens with zero attached hydrogens (tertiary/aromatic N) is 3. The molecule has 1 N–H and O–H groups in total. The number of carbonyl (C=O) groups is 1.